The Morgan fingerprint density at radius 1 is 1.64 bits per heavy atom. The largest absolute Gasteiger partial charge is 0.436 e. The van der Waals surface area contributed by atoms with Gasteiger partial charge in [-0.1, -0.05) is 4.98 Å². The zero-order chi connectivity index (χ0) is 19.0. The Bertz CT molecular complexity index is 710. The number of halogens is 1. The number of hydrogen-bond acceptors (Lipinski definition) is 9. The van der Waals surface area contributed by atoms with Gasteiger partial charge in [-0.3, -0.25) is 9.56 Å². The molecule has 1 rings (SSSR count). The van der Waals surface area contributed by atoms with Crippen molar-refractivity contribution in [3.8, 4) is 0 Å². The lowest BCUT2D eigenvalue weighted by atomic mass is 10.1. The van der Waals surface area contributed by atoms with Crippen molar-refractivity contribution in [1.29, 1.82) is 0 Å². The molecule has 11 nitrogen and oxygen atoms in total. The van der Waals surface area contributed by atoms with E-state index in [9.17, 15) is 27.0 Å². The smallest absolute Gasteiger partial charge is 0.401 e. The number of nitrogens with zero attached hydrogens (tertiary/aromatic N) is 4. The first-order valence-corrected chi connectivity index (χ1v) is 9.37. The third-order valence-corrected chi connectivity index (χ3v) is 4.82. The molecule has 0 saturated carbocycles. The normalized spacial score (nSPS) is 13.6. The molecular formula is C11H19FN6O5S2. The van der Waals surface area contributed by atoms with Crippen LogP contribution in [0.2, 0.25) is 0 Å². The van der Waals surface area contributed by atoms with Gasteiger partial charge in [-0.05, 0) is 17.8 Å². The predicted octanol–water partition coefficient (Wildman–Crippen LogP) is 0.769. The summed E-state index contributed by atoms with van der Waals surface area (Å²) in [6.07, 6.45) is 3.84. The van der Waals surface area contributed by atoms with E-state index in [1.54, 1.807) is 0 Å². The first-order valence-electron chi connectivity index (χ1n) is 6.98. The Hall–Kier alpha value is -1.90. The molecule has 25 heavy (non-hydrogen) atoms. The van der Waals surface area contributed by atoms with Crippen LogP contribution in [0.1, 0.15) is 19.3 Å². The van der Waals surface area contributed by atoms with E-state index in [-0.39, 0.29) is 49.5 Å². The van der Waals surface area contributed by atoms with Crippen LogP contribution < -0.4 is 11.6 Å². The van der Waals surface area contributed by atoms with Crippen molar-refractivity contribution in [2.24, 2.45) is 11.6 Å². The summed E-state index contributed by atoms with van der Waals surface area (Å²) < 4.78 is 45.1. The number of nitrogens with two attached hydrogens (primary N) is 2. The standard InChI is InChI=1S/C11H19FN6O5S2/c12-24-5-1-2-10(25(21,22)23)6-9(13)7-17(14)8-16-4-3-15-11(16)18(19)20/h3-4,7,10H,1-2,5-6,8,13-14H2,(H,21,22,23)/b9-7-. The maximum absolute atomic E-state index is 12.0. The van der Waals surface area contributed by atoms with Crippen LogP contribution in [0.3, 0.4) is 0 Å². The first-order chi connectivity index (χ1) is 11.6. The lowest BCUT2D eigenvalue weighted by molar-refractivity contribution is -0.397. The van der Waals surface area contributed by atoms with E-state index in [2.05, 4.69) is 4.98 Å². The van der Waals surface area contributed by atoms with Gasteiger partial charge in [0.1, 0.15) is 12.4 Å². The van der Waals surface area contributed by atoms with Crippen LogP contribution in [0.4, 0.5) is 9.83 Å². The molecule has 1 atom stereocenters. The molecule has 0 fully saturated rings. The quantitative estimate of drug-likeness (QED) is 0.159. The average Bonchev–Trinajstić information content (AvgIpc) is 2.93. The summed E-state index contributed by atoms with van der Waals surface area (Å²) in [6, 6.07) is 0. The third-order valence-electron chi connectivity index (χ3n) is 3.14. The van der Waals surface area contributed by atoms with Crippen molar-refractivity contribution in [3.63, 3.8) is 0 Å². The fraction of sp³-hybridized carbons (Fsp3) is 0.545. The van der Waals surface area contributed by atoms with Gasteiger partial charge in [-0.25, -0.2) is 10.4 Å². The summed E-state index contributed by atoms with van der Waals surface area (Å²) >= 11 is 0.0753. The maximum atomic E-state index is 12.0. The second-order valence-electron chi connectivity index (χ2n) is 5.11. The summed E-state index contributed by atoms with van der Waals surface area (Å²) in [6.45, 7) is -0.147. The van der Waals surface area contributed by atoms with E-state index in [1.165, 1.54) is 18.6 Å². The molecule has 0 bridgehead atoms. The van der Waals surface area contributed by atoms with E-state index >= 15 is 0 Å². The molecule has 0 aliphatic heterocycles. The molecule has 0 radical (unpaired) electrons. The molecule has 5 N–H and O–H groups in total. The minimum Gasteiger partial charge on any atom is -0.401 e. The van der Waals surface area contributed by atoms with E-state index in [4.69, 9.17) is 11.6 Å². The van der Waals surface area contributed by atoms with Crippen LogP contribution in [0, 0.1) is 10.1 Å². The fourth-order valence-electron chi connectivity index (χ4n) is 2.05. The zero-order valence-electron chi connectivity index (χ0n) is 13.1. The molecule has 0 spiro atoms. The lowest BCUT2D eigenvalue weighted by Crippen LogP contribution is -2.30. The summed E-state index contributed by atoms with van der Waals surface area (Å²) in [5, 5.41) is 10.6. The van der Waals surface area contributed by atoms with Gasteiger partial charge in [0.2, 0.25) is 0 Å². The van der Waals surface area contributed by atoms with Crippen LogP contribution in [0.5, 0.6) is 0 Å². The topological polar surface area (TPSA) is 171 Å². The molecule has 0 saturated heterocycles. The fourth-order valence-corrected chi connectivity index (χ4v) is 3.19. The van der Waals surface area contributed by atoms with Gasteiger partial charge in [0.25, 0.3) is 10.1 Å². The van der Waals surface area contributed by atoms with E-state index in [0.29, 0.717) is 0 Å². The highest BCUT2D eigenvalue weighted by Crippen LogP contribution is 2.17. The van der Waals surface area contributed by atoms with Crippen molar-refractivity contribution in [1.82, 2.24) is 14.6 Å². The Balaban J connectivity index is 2.73. The molecule has 0 aliphatic rings. The van der Waals surface area contributed by atoms with Crippen LogP contribution >= 0.6 is 12.1 Å². The average molecular weight is 398 g/mol. The molecule has 142 valence electrons. The summed E-state index contributed by atoms with van der Waals surface area (Å²) in [7, 11) is -4.36. The van der Waals surface area contributed by atoms with Crippen molar-refractivity contribution < 1.29 is 21.8 Å². The number of allylic oxidation sites excluding steroid dienone is 1. The number of rotatable bonds is 11. The zero-order valence-corrected chi connectivity index (χ0v) is 14.7. The lowest BCUT2D eigenvalue weighted by Gasteiger charge is -2.17. The minimum atomic E-state index is -4.36. The van der Waals surface area contributed by atoms with Gasteiger partial charge in [-0.2, -0.15) is 12.3 Å². The highest BCUT2D eigenvalue weighted by atomic mass is 32.2. The van der Waals surface area contributed by atoms with Crippen molar-refractivity contribution in [2.75, 3.05) is 5.75 Å². The van der Waals surface area contributed by atoms with Crippen molar-refractivity contribution >= 4 is 28.2 Å². The second-order valence-corrected chi connectivity index (χ2v) is 7.43. The number of nitro groups is 1. The second kappa shape index (κ2) is 9.55. The minimum absolute atomic E-state index is 0.0296. The number of imidazole rings is 1. The Labute approximate surface area is 148 Å². The van der Waals surface area contributed by atoms with Crippen molar-refractivity contribution in [3.05, 3.63) is 34.4 Å². The van der Waals surface area contributed by atoms with Crippen LogP contribution in [0.15, 0.2) is 24.3 Å². The molecule has 14 heteroatoms. The SMILES string of the molecule is N/C(=C\N(N)Cn1ccnc1[N+](=O)[O-])CC(CCCSF)S(=O)(=O)O. The molecule has 1 aromatic heterocycles. The number of hydrogen-bond donors (Lipinski definition) is 3. The first kappa shape index (κ1) is 21.1. The number of aromatic nitrogens is 2. The molecule has 0 aromatic carbocycles. The van der Waals surface area contributed by atoms with Crippen LogP contribution in [-0.2, 0) is 16.8 Å². The number of hydrazine groups is 1. The molecule has 1 unspecified atom stereocenters. The molecular weight excluding hydrogens is 379 g/mol. The molecule has 1 heterocycles. The van der Waals surface area contributed by atoms with Gasteiger partial charge in [0, 0.05) is 36.2 Å². The third kappa shape index (κ3) is 7.25. The summed E-state index contributed by atoms with van der Waals surface area (Å²) in [5.41, 5.74) is 5.77. The van der Waals surface area contributed by atoms with Crippen molar-refractivity contribution in [2.45, 2.75) is 31.2 Å². The highest BCUT2D eigenvalue weighted by Gasteiger charge is 2.23. The monoisotopic (exact) mass is 398 g/mol. The van der Waals surface area contributed by atoms with Gasteiger partial charge in [-0.15, -0.1) is 0 Å². The maximum Gasteiger partial charge on any atom is 0.436 e. The van der Waals surface area contributed by atoms with Gasteiger partial charge in [0.15, 0.2) is 6.67 Å². The Morgan fingerprint density at radius 3 is 2.88 bits per heavy atom. The highest BCUT2D eigenvalue weighted by molar-refractivity contribution is 7.94. The Kier molecular flexibility index (Phi) is 8.08. The van der Waals surface area contributed by atoms with Crippen LogP contribution in [-0.4, -0.2) is 43.5 Å². The van der Waals surface area contributed by atoms with Gasteiger partial charge < -0.3 is 15.8 Å². The van der Waals surface area contributed by atoms with E-state index in [0.717, 1.165) is 9.58 Å². The molecule has 1 aromatic rings. The summed E-state index contributed by atoms with van der Waals surface area (Å²) in [5.74, 6) is 5.37. The molecule has 0 aliphatic carbocycles. The van der Waals surface area contributed by atoms with Gasteiger partial charge >= 0.3 is 5.95 Å². The summed E-state index contributed by atoms with van der Waals surface area (Å²) in [4.78, 5) is 13.6. The molecule has 0 amide bonds. The van der Waals surface area contributed by atoms with E-state index in [1.807, 2.05) is 0 Å². The van der Waals surface area contributed by atoms with Gasteiger partial charge in [0.05, 0.1) is 5.25 Å². The Morgan fingerprint density at radius 2 is 2.32 bits per heavy atom. The van der Waals surface area contributed by atoms with Crippen LogP contribution in [0.25, 0.3) is 0 Å². The van der Waals surface area contributed by atoms with E-state index < -0.39 is 26.2 Å². The predicted molar refractivity (Wildman–Crippen MR) is 89.9 cm³/mol.